The highest BCUT2D eigenvalue weighted by Crippen LogP contribution is 2.42. The van der Waals surface area contributed by atoms with E-state index in [0.29, 0.717) is 16.6 Å². The number of fused-ring (bicyclic) bond motifs is 1. The van der Waals surface area contributed by atoms with Crippen molar-refractivity contribution in [3.63, 3.8) is 0 Å². The molecule has 3 nitrogen and oxygen atoms in total. The predicted octanol–water partition coefficient (Wildman–Crippen LogP) is 5.19. The molecule has 2 aromatic carbocycles. The Labute approximate surface area is 120 Å². The van der Waals surface area contributed by atoms with Gasteiger partial charge in [0.1, 0.15) is 16.0 Å². The van der Waals surface area contributed by atoms with Gasteiger partial charge in [0.15, 0.2) is 5.58 Å². The quantitative estimate of drug-likeness (QED) is 0.611. The summed E-state index contributed by atoms with van der Waals surface area (Å²) < 4.78 is 19.1. The molecule has 6 heteroatoms. The van der Waals surface area contributed by atoms with Crippen molar-refractivity contribution in [1.82, 2.24) is 5.16 Å². The van der Waals surface area contributed by atoms with Crippen LogP contribution in [0.3, 0.4) is 0 Å². The first-order valence-corrected chi connectivity index (χ1v) is 6.46. The maximum absolute atomic E-state index is 13.8. The number of rotatable bonds is 1. The molecule has 3 rings (SSSR count). The van der Waals surface area contributed by atoms with E-state index in [4.69, 9.17) is 16.1 Å². The van der Waals surface area contributed by atoms with Crippen molar-refractivity contribution in [3.8, 4) is 17.0 Å². The highest BCUT2D eigenvalue weighted by Gasteiger charge is 2.20. The number of nitrogens with zero attached hydrogens (tertiary/aromatic N) is 1. The van der Waals surface area contributed by atoms with E-state index in [-0.39, 0.29) is 20.8 Å². The molecule has 0 atom stereocenters. The Balaban J connectivity index is 2.36. The molecule has 0 N–H and O–H groups in total. The minimum absolute atomic E-state index is 0.0279. The van der Waals surface area contributed by atoms with Crippen LogP contribution in [0.15, 0.2) is 39.3 Å². The van der Waals surface area contributed by atoms with E-state index in [9.17, 15) is 9.50 Å². The van der Waals surface area contributed by atoms with Crippen LogP contribution in [-0.4, -0.2) is 5.16 Å². The zero-order chi connectivity index (χ0) is 13.6. The van der Waals surface area contributed by atoms with Gasteiger partial charge in [-0.05, 0) is 34.1 Å². The number of aromatic nitrogens is 1. The lowest BCUT2D eigenvalue weighted by atomic mass is 10.1. The molecule has 0 saturated heterocycles. The Morgan fingerprint density at radius 3 is 2.79 bits per heavy atom. The van der Waals surface area contributed by atoms with Crippen molar-refractivity contribution >= 4 is 38.5 Å². The van der Waals surface area contributed by atoms with Gasteiger partial charge in [0.2, 0.25) is 5.75 Å². The molecular weight excluding hydrogens is 337 g/mol. The van der Waals surface area contributed by atoms with Gasteiger partial charge >= 0.3 is 0 Å². The average Bonchev–Trinajstić information content (AvgIpc) is 2.80. The van der Waals surface area contributed by atoms with E-state index in [2.05, 4.69) is 21.1 Å². The topological polar surface area (TPSA) is 45.9 Å². The second kappa shape index (κ2) is 4.51. The highest BCUT2D eigenvalue weighted by atomic mass is 79.9. The fourth-order valence-corrected chi connectivity index (χ4v) is 2.65. The van der Waals surface area contributed by atoms with Crippen LogP contribution in [0.2, 0.25) is 5.02 Å². The summed E-state index contributed by atoms with van der Waals surface area (Å²) in [6, 6.07) is 7.62. The Kier molecular flexibility index (Phi) is 2.95. The van der Waals surface area contributed by atoms with E-state index in [1.807, 2.05) is 0 Å². The molecule has 1 heterocycles. The lowest BCUT2D eigenvalue weighted by Crippen LogP contribution is -1.84. The lowest BCUT2D eigenvalue weighted by Gasteiger charge is -2.00. The smallest absolute Gasteiger partial charge is 0.215 e. The van der Waals surface area contributed by atoms with Crippen LogP contribution in [0, 0.1) is 5.82 Å². The maximum Gasteiger partial charge on any atom is 0.215 e. The first-order valence-electron chi connectivity index (χ1n) is 5.29. The van der Waals surface area contributed by atoms with Crippen LogP contribution < -0.4 is 0 Å². The standard InChI is InChI=1S/C13H5BrClFNO2/c14-10-12(18)8(15)5-7-11(17-19-13(7)10)6-3-1-2-4-9(6)16/h1-5H. The molecule has 0 fully saturated rings. The normalized spacial score (nSPS) is 11.1. The van der Waals surface area contributed by atoms with Crippen molar-refractivity contribution < 1.29 is 14.0 Å². The van der Waals surface area contributed by atoms with Gasteiger partial charge in [-0.2, -0.15) is 0 Å². The van der Waals surface area contributed by atoms with Crippen LogP contribution in [0.25, 0.3) is 22.2 Å². The van der Waals surface area contributed by atoms with Crippen LogP contribution in [-0.2, 0) is 5.11 Å². The van der Waals surface area contributed by atoms with Gasteiger partial charge in [-0.3, -0.25) is 5.11 Å². The van der Waals surface area contributed by atoms with Crippen LogP contribution in [0.1, 0.15) is 0 Å². The molecule has 0 unspecified atom stereocenters. The summed E-state index contributed by atoms with van der Waals surface area (Å²) in [5.74, 6) is -0.804. The number of hydrogen-bond donors (Lipinski definition) is 0. The summed E-state index contributed by atoms with van der Waals surface area (Å²) in [7, 11) is 0. The monoisotopic (exact) mass is 340 g/mol. The summed E-state index contributed by atoms with van der Waals surface area (Å²) in [6.07, 6.45) is 0. The molecule has 0 spiro atoms. The van der Waals surface area contributed by atoms with Crippen molar-refractivity contribution in [2.24, 2.45) is 0 Å². The third-order valence-corrected chi connectivity index (χ3v) is 3.74. The van der Waals surface area contributed by atoms with E-state index in [0.717, 1.165) is 0 Å². The Morgan fingerprint density at radius 1 is 1.32 bits per heavy atom. The second-order valence-electron chi connectivity index (χ2n) is 3.89. The van der Waals surface area contributed by atoms with Gasteiger partial charge in [-0.25, -0.2) is 4.39 Å². The van der Waals surface area contributed by atoms with Crippen molar-refractivity contribution in [2.75, 3.05) is 0 Å². The second-order valence-corrected chi connectivity index (χ2v) is 5.09. The van der Waals surface area contributed by atoms with Gasteiger partial charge in [0, 0.05) is 5.56 Å². The first kappa shape index (κ1) is 12.4. The number of benzene rings is 2. The largest absolute Gasteiger partial charge is 0.354 e. The molecule has 1 radical (unpaired) electrons. The molecule has 19 heavy (non-hydrogen) atoms. The number of hydrogen-bond acceptors (Lipinski definition) is 2. The molecule has 0 aliphatic heterocycles. The summed E-state index contributed by atoms with van der Waals surface area (Å²) in [5, 5.41) is 16.0. The van der Waals surface area contributed by atoms with Gasteiger partial charge in [-0.15, -0.1) is 0 Å². The van der Waals surface area contributed by atoms with Gasteiger partial charge in [0.25, 0.3) is 0 Å². The van der Waals surface area contributed by atoms with Gasteiger partial charge in [-0.1, -0.05) is 28.9 Å². The van der Waals surface area contributed by atoms with Crippen molar-refractivity contribution in [1.29, 1.82) is 0 Å². The lowest BCUT2D eigenvalue weighted by molar-refractivity contribution is 0.351. The summed E-state index contributed by atoms with van der Waals surface area (Å²) in [4.78, 5) is 0. The Bertz CT molecular complexity index is 788. The Morgan fingerprint density at radius 2 is 2.05 bits per heavy atom. The van der Waals surface area contributed by atoms with Crippen LogP contribution in [0.5, 0.6) is 5.75 Å². The van der Waals surface area contributed by atoms with E-state index in [1.165, 1.54) is 12.1 Å². The zero-order valence-corrected chi connectivity index (χ0v) is 11.6. The molecule has 95 valence electrons. The molecular formula is C13H5BrClFNO2. The number of halogens is 3. The first-order chi connectivity index (χ1) is 9.09. The molecule has 3 aromatic rings. The summed E-state index contributed by atoms with van der Waals surface area (Å²) in [6.45, 7) is 0. The molecule has 0 aliphatic rings. The minimum atomic E-state index is -0.420. The van der Waals surface area contributed by atoms with Gasteiger partial charge in [0.05, 0.1) is 10.4 Å². The molecule has 1 aromatic heterocycles. The predicted molar refractivity (Wildman–Crippen MR) is 72.2 cm³/mol. The zero-order valence-electron chi connectivity index (χ0n) is 9.28. The summed E-state index contributed by atoms with van der Waals surface area (Å²) >= 11 is 8.95. The maximum atomic E-state index is 13.8. The molecule has 0 aliphatic carbocycles. The van der Waals surface area contributed by atoms with Crippen molar-refractivity contribution in [3.05, 3.63) is 45.6 Å². The third-order valence-electron chi connectivity index (χ3n) is 2.74. The van der Waals surface area contributed by atoms with Gasteiger partial charge < -0.3 is 4.52 Å². The van der Waals surface area contributed by atoms with E-state index >= 15 is 0 Å². The molecule has 0 amide bonds. The van der Waals surface area contributed by atoms with Crippen molar-refractivity contribution in [2.45, 2.75) is 0 Å². The molecule has 0 saturated carbocycles. The SMILES string of the molecule is [O]c1c(Cl)cc2c(-c3ccccc3F)noc2c1Br. The summed E-state index contributed by atoms with van der Waals surface area (Å²) in [5.41, 5.74) is 0.867. The fourth-order valence-electron chi connectivity index (χ4n) is 1.84. The highest BCUT2D eigenvalue weighted by molar-refractivity contribution is 9.10. The van der Waals surface area contributed by atoms with Crippen LogP contribution >= 0.6 is 27.5 Å². The van der Waals surface area contributed by atoms with E-state index < -0.39 is 5.82 Å². The fraction of sp³-hybridized carbons (Fsp3) is 0. The minimum Gasteiger partial charge on any atom is -0.354 e. The van der Waals surface area contributed by atoms with Crippen LogP contribution in [0.4, 0.5) is 4.39 Å². The Hall–Kier alpha value is -1.59. The molecule has 0 bridgehead atoms. The average molecular weight is 342 g/mol. The third kappa shape index (κ3) is 1.89. The van der Waals surface area contributed by atoms with E-state index in [1.54, 1.807) is 18.2 Å².